The number of nitrogens with zero attached hydrogens (tertiary/aromatic N) is 2. The zero-order chi connectivity index (χ0) is 20.3. The Bertz CT molecular complexity index is 1080. The third-order valence-electron chi connectivity index (χ3n) is 4.34. The molecule has 0 saturated heterocycles. The van der Waals surface area contributed by atoms with Gasteiger partial charge in [0, 0.05) is 11.3 Å². The Hall–Kier alpha value is -3.61. The lowest BCUT2D eigenvalue weighted by atomic mass is 10.1. The molecule has 4 rings (SSSR count). The Morgan fingerprint density at radius 3 is 2.17 bits per heavy atom. The maximum absolute atomic E-state index is 13.1. The molecule has 0 radical (unpaired) electrons. The summed E-state index contributed by atoms with van der Waals surface area (Å²) in [6.45, 7) is 0. The second-order valence-electron chi connectivity index (χ2n) is 6.38. The number of aromatic nitrogens is 2. The molecule has 4 aromatic rings. The summed E-state index contributed by atoms with van der Waals surface area (Å²) in [5.74, 6) is 0.597. The predicted octanol–water partition coefficient (Wildman–Crippen LogP) is 5.96. The van der Waals surface area contributed by atoms with Crippen molar-refractivity contribution < 1.29 is 17.6 Å². The first-order valence-corrected chi connectivity index (χ1v) is 8.88. The predicted molar refractivity (Wildman–Crippen MR) is 103 cm³/mol. The third kappa shape index (κ3) is 4.29. The van der Waals surface area contributed by atoms with Crippen LogP contribution in [0.1, 0.15) is 23.1 Å². The van der Waals surface area contributed by atoms with Crippen LogP contribution < -0.4 is 5.32 Å². The highest BCUT2D eigenvalue weighted by Crippen LogP contribution is 2.33. The molecule has 0 spiro atoms. The molecule has 0 fully saturated rings. The van der Waals surface area contributed by atoms with Gasteiger partial charge in [-0.05, 0) is 35.9 Å². The fraction of sp³-hybridized carbons (Fsp3) is 0.0909. The number of alkyl halides is 3. The lowest BCUT2D eigenvalue weighted by molar-refractivity contribution is -0.137. The fourth-order valence-electron chi connectivity index (χ4n) is 2.93. The van der Waals surface area contributed by atoms with Crippen LogP contribution in [0.2, 0.25) is 0 Å². The molecule has 1 aromatic heterocycles. The first-order chi connectivity index (χ1) is 14.0. The second kappa shape index (κ2) is 7.79. The zero-order valence-corrected chi connectivity index (χ0v) is 15.1. The molecule has 0 saturated carbocycles. The van der Waals surface area contributed by atoms with Gasteiger partial charge < -0.3 is 9.73 Å². The van der Waals surface area contributed by atoms with Crippen molar-refractivity contribution in [1.82, 2.24) is 10.2 Å². The number of hydrogen-bond donors (Lipinski definition) is 1. The molecule has 1 atom stereocenters. The summed E-state index contributed by atoms with van der Waals surface area (Å²) in [4.78, 5) is 0. The van der Waals surface area contributed by atoms with Crippen LogP contribution in [-0.2, 0) is 6.18 Å². The minimum atomic E-state index is -4.43. The maximum atomic E-state index is 13.1. The molecule has 7 heteroatoms. The van der Waals surface area contributed by atoms with Crippen molar-refractivity contribution >= 4 is 5.69 Å². The lowest BCUT2D eigenvalue weighted by Crippen LogP contribution is -2.14. The van der Waals surface area contributed by atoms with E-state index in [1.54, 1.807) is 6.07 Å². The van der Waals surface area contributed by atoms with Gasteiger partial charge in [-0.2, -0.15) is 13.2 Å². The zero-order valence-electron chi connectivity index (χ0n) is 15.1. The maximum Gasteiger partial charge on any atom is 0.416 e. The van der Waals surface area contributed by atoms with E-state index < -0.39 is 17.8 Å². The third-order valence-corrected chi connectivity index (χ3v) is 4.34. The average Bonchev–Trinajstić information content (AvgIpc) is 3.23. The van der Waals surface area contributed by atoms with Crippen LogP contribution in [0.15, 0.2) is 89.3 Å². The van der Waals surface area contributed by atoms with E-state index in [4.69, 9.17) is 4.42 Å². The molecule has 1 N–H and O–H groups in total. The topological polar surface area (TPSA) is 51.0 Å². The van der Waals surface area contributed by atoms with Crippen LogP contribution in [0.4, 0.5) is 18.9 Å². The highest BCUT2D eigenvalue weighted by molar-refractivity contribution is 5.53. The van der Waals surface area contributed by atoms with Gasteiger partial charge >= 0.3 is 6.18 Å². The summed E-state index contributed by atoms with van der Waals surface area (Å²) >= 11 is 0. The normalized spacial score (nSPS) is 12.5. The van der Waals surface area contributed by atoms with Crippen molar-refractivity contribution in [1.29, 1.82) is 0 Å². The SMILES string of the molecule is FC(F)(F)c1cccc(N[C@H](c2ccccc2)c2nnc(-c3ccccc3)o2)c1. The van der Waals surface area contributed by atoms with Gasteiger partial charge in [-0.15, -0.1) is 10.2 Å². The van der Waals surface area contributed by atoms with Crippen molar-refractivity contribution in [2.75, 3.05) is 5.32 Å². The van der Waals surface area contributed by atoms with Gasteiger partial charge in [0.25, 0.3) is 0 Å². The Balaban J connectivity index is 1.70. The summed E-state index contributed by atoms with van der Waals surface area (Å²) in [6, 6.07) is 22.9. The first kappa shape index (κ1) is 18.7. The van der Waals surface area contributed by atoms with Crippen LogP contribution in [0.3, 0.4) is 0 Å². The second-order valence-corrected chi connectivity index (χ2v) is 6.38. The van der Waals surface area contributed by atoms with Crippen LogP contribution >= 0.6 is 0 Å². The number of hydrogen-bond acceptors (Lipinski definition) is 4. The molecule has 29 heavy (non-hydrogen) atoms. The van der Waals surface area contributed by atoms with Gasteiger partial charge in [-0.25, -0.2) is 0 Å². The lowest BCUT2D eigenvalue weighted by Gasteiger charge is -2.18. The van der Waals surface area contributed by atoms with E-state index in [9.17, 15) is 13.2 Å². The van der Waals surface area contributed by atoms with E-state index in [0.29, 0.717) is 11.6 Å². The average molecular weight is 395 g/mol. The van der Waals surface area contributed by atoms with Crippen molar-refractivity contribution in [3.8, 4) is 11.5 Å². The number of anilines is 1. The highest BCUT2D eigenvalue weighted by Gasteiger charge is 2.31. The Labute approximate surface area is 165 Å². The molecule has 146 valence electrons. The standard InChI is InChI=1S/C22H16F3N3O/c23-22(24,25)17-12-7-13-18(14-17)26-19(15-8-3-1-4-9-15)21-28-27-20(29-21)16-10-5-2-6-11-16/h1-14,19,26H/t19-/m1/s1. The Kier molecular flexibility index (Phi) is 5.03. The molecular weight excluding hydrogens is 379 g/mol. The monoisotopic (exact) mass is 395 g/mol. The summed E-state index contributed by atoms with van der Waals surface area (Å²) in [7, 11) is 0. The number of nitrogens with one attached hydrogen (secondary N) is 1. The smallest absolute Gasteiger partial charge is 0.416 e. The van der Waals surface area contributed by atoms with E-state index in [-0.39, 0.29) is 5.89 Å². The summed E-state index contributed by atoms with van der Waals surface area (Å²) < 4.78 is 45.1. The number of rotatable bonds is 5. The molecule has 3 aromatic carbocycles. The molecule has 0 amide bonds. The van der Waals surface area contributed by atoms with Crippen molar-refractivity contribution in [3.63, 3.8) is 0 Å². The van der Waals surface area contributed by atoms with Crippen molar-refractivity contribution in [2.24, 2.45) is 0 Å². The van der Waals surface area contributed by atoms with Crippen LogP contribution in [0.5, 0.6) is 0 Å². The largest absolute Gasteiger partial charge is 0.418 e. The van der Waals surface area contributed by atoms with Gasteiger partial charge in [0.05, 0.1) is 5.56 Å². The summed E-state index contributed by atoms with van der Waals surface area (Å²) in [5, 5.41) is 11.3. The minimum absolute atomic E-state index is 0.257. The van der Waals surface area contributed by atoms with Gasteiger partial charge in [0.2, 0.25) is 11.8 Å². The van der Waals surface area contributed by atoms with E-state index in [1.165, 1.54) is 6.07 Å². The summed E-state index contributed by atoms with van der Waals surface area (Å²) in [6.07, 6.45) is -4.43. The molecule has 4 nitrogen and oxygen atoms in total. The highest BCUT2D eigenvalue weighted by atomic mass is 19.4. The molecule has 1 heterocycles. The van der Waals surface area contributed by atoms with E-state index in [0.717, 1.165) is 23.3 Å². The molecule has 0 aliphatic carbocycles. The minimum Gasteiger partial charge on any atom is -0.418 e. The van der Waals surface area contributed by atoms with E-state index in [1.807, 2.05) is 60.7 Å². The van der Waals surface area contributed by atoms with E-state index in [2.05, 4.69) is 15.5 Å². The molecule has 0 unspecified atom stereocenters. The van der Waals surface area contributed by atoms with Crippen molar-refractivity contribution in [2.45, 2.75) is 12.2 Å². The van der Waals surface area contributed by atoms with Crippen LogP contribution in [0, 0.1) is 0 Å². The Morgan fingerprint density at radius 1 is 0.793 bits per heavy atom. The number of benzene rings is 3. The van der Waals surface area contributed by atoms with Crippen LogP contribution in [0.25, 0.3) is 11.5 Å². The summed E-state index contributed by atoms with van der Waals surface area (Å²) in [5.41, 5.74) is 1.11. The molecular formula is C22H16F3N3O. The molecule has 0 aliphatic rings. The van der Waals surface area contributed by atoms with Gasteiger partial charge in [-0.3, -0.25) is 0 Å². The van der Waals surface area contributed by atoms with Gasteiger partial charge in [0.1, 0.15) is 6.04 Å². The van der Waals surface area contributed by atoms with E-state index >= 15 is 0 Å². The van der Waals surface area contributed by atoms with Gasteiger partial charge in [0.15, 0.2) is 0 Å². The Morgan fingerprint density at radius 2 is 1.48 bits per heavy atom. The van der Waals surface area contributed by atoms with Gasteiger partial charge in [-0.1, -0.05) is 54.6 Å². The fourth-order valence-corrected chi connectivity index (χ4v) is 2.93. The molecule has 0 bridgehead atoms. The van der Waals surface area contributed by atoms with Crippen molar-refractivity contribution in [3.05, 3.63) is 102 Å². The van der Waals surface area contributed by atoms with Crippen LogP contribution in [-0.4, -0.2) is 10.2 Å². The number of halogens is 3. The first-order valence-electron chi connectivity index (χ1n) is 8.88. The quantitative estimate of drug-likeness (QED) is 0.453. The molecule has 0 aliphatic heterocycles.